The molecule has 7 nitrogen and oxygen atoms in total. The summed E-state index contributed by atoms with van der Waals surface area (Å²) in [6.45, 7) is 6.23. The minimum Gasteiger partial charge on any atom is -0.318 e. The third kappa shape index (κ3) is 5.40. The number of hydrogen-bond donors (Lipinski definition) is 1. The van der Waals surface area contributed by atoms with Crippen LogP contribution in [-0.2, 0) is 11.2 Å². The number of para-hydroxylation sites is 1. The Morgan fingerprint density at radius 2 is 1.90 bits per heavy atom. The number of aryl methyl sites for hydroxylation is 2. The van der Waals surface area contributed by atoms with E-state index in [9.17, 15) is 14.9 Å². The zero-order chi connectivity index (χ0) is 22.4. The van der Waals surface area contributed by atoms with Crippen LogP contribution < -0.4 is 5.43 Å². The Bertz CT molecular complexity index is 1120. The molecular weight excluding hydrogens is 412 g/mol. The van der Waals surface area contributed by atoms with Crippen molar-refractivity contribution >= 4 is 29.6 Å². The lowest BCUT2D eigenvalue weighted by Gasteiger charge is -2.13. The van der Waals surface area contributed by atoms with Crippen LogP contribution in [-0.4, -0.2) is 27.4 Å². The van der Waals surface area contributed by atoms with Gasteiger partial charge in [0, 0.05) is 39.7 Å². The smallest absolute Gasteiger partial charge is 0.269 e. The van der Waals surface area contributed by atoms with E-state index in [0.717, 1.165) is 34.0 Å². The maximum absolute atomic E-state index is 12.1. The molecule has 31 heavy (non-hydrogen) atoms. The summed E-state index contributed by atoms with van der Waals surface area (Å²) in [6.07, 6.45) is 2.60. The number of benzene rings is 2. The Hall–Kier alpha value is -3.39. The first kappa shape index (κ1) is 22.3. The fraction of sp³-hybridized carbons (Fsp3) is 0.217. The quantitative estimate of drug-likeness (QED) is 0.238. The molecule has 1 aromatic heterocycles. The standard InChI is InChI=1S/C23H24N4O3S/c1-4-18-7-5-6-8-22(18)26-16(2)13-19(17(26)3)14-24-25-23(28)15-31-21-11-9-20(10-12-21)27(29)30/h5-14H,4,15H2,1-3H3,(H,25,28)/b24-14-. The Balaban J connectivity index is 1.62. The van der Waals surface area contributed by atoms with Gasteiger partial charge in [-0.15, -0.1) is 11.8 Å². The summed E-state index contributed by atoms with van der Waals surface area (Å²) in [5.41, 5.74) is 8.08. The molecule has 0 spiro atoms. The van der Waals surface area contributed by atoms with Crippen LogP contribution in [0.4, 0.5) is 5.69 Å². The van der Waals surface area contributed by atoms with E-state index in [1.165, 1.54) is 29.5 Å². The van der Waals surface area contributed by atoms with Crippen molar-refractivity contribution in [3.8, 4) is 5.69 Å². The minimum atomic E-state index is -0.451. The number of nitro groups is 1. The maximum Gasteiger partial charge on any atom is 0.269 e. The van der Waals surface area contributed by atoms with Gasteiger partial charge in [-0.1, -0.05) is 25.1 Å². The van der Waals surface area contributed by atoms with Crippen molar-refractivity contribution in [2.45, 2.75) is 32.1 Å². The zero-order valence-corrected chi connectivity index (χ0v) is 18.5. The van der Waals surface area contributed by atoms with E-state index >= 15 is 0 Å². The zero-order valence-electron chi connectivity index (χ0n) is 17.7. The topological polar surface area (TPSA) is 89.5 Å². The van der Waals surface area contributed by atoms with Crippen LogP contribution in [0.2, 0.25) is 0 Å². The number of rotatable bonds is 8. The molecular formula is C23H24N4O3S. The summed E-state index contributed by atoms with van der Waals surface area (Å²) < 4.78 is 2.20. The minimum absolute atomic E-state index is 0.0255. The number of nitrogens with one attached hydrogen (secondary N) is 1. The highest BCUT2D eigenvalue weighted by molar-refractivity contribution is 8.00. The van der Waals surface area contributed by atoms with Gasteiger partial charge >= 0.3 is 0 Å². The van der Waals surface area contributed by atoms with Gasteiger partial charge in [-0.2, -0.15) is 5.10 Å². The molecule has 0 saturated carbocycles. The molecule has 1 N–H and O–H groups in total. The van der Waals surface area contributed by atoms with Crippen LogP contribution in [0, 0.1) is 24.0 Å². The van der Waals surface area contributed by atoms with E-state index in [2.05, 4.69) is 41.1 Å². The highest BCUT2D eigenvalue weighted by atomic mass is 32.2. The van der Waals surface area contributed by atoms with E-state index in [1.807, 2.05) is 25.1 Å². The van der Waals surface area contributed by atoms with Crippen LogP contribution in [0.25, 0.3) is 5.69 Å². The molecule has 1 heterocycles. The first-order chi connectivity index (χ1) is 14.9. The summed E-state index contributed by atoms with van der Waals surface area (Å²) in [4.78, 5) is 23.1. The van der Waals surface area contributed by atoms with Crippen molar-refractivity contribution in [1.82, 2.24) is 9.99 Å². The molecule has 3 aromatic rings. The molecule has 0 bridgehead atoms. The summed E-state index contributed by atoms with van der Waals surface area (Å²) in [6, 6.07) is 16.5. The van der Waals surface area contributed by atoms with Gasteiger partial charge in [0.1, 0.15) is 0 Å². The van der Waals surface area contributed by atoms with Gasteiger partial charge in [0.05, 0.1) is 16.9 Å². The number of hydrazone groups is 1. The first-order valence-electron chi connectivity index (χ1n) is 9.87. The van der Waals surface area contributed by atoms with E-state index in [4.69, 9.17) is 0 Å². The number of aromatic nitrogens is 1. The lowest BCUT2D eigenvalue weighted by molar-refractivity contribution is -0.384. The molecule has 0 atom stereocenters. The normalized spacial score (nSPS) is 11.1. The molecule has 0 unspecified atom stereocenters. The number of nitro benzene ring substituents is 1. The van der Waals surface area contributed by atoms with E-state index in [0.29, 0.717) is 0 Å². The Labute approximate surface area is 185 Å². The summed E-state index contributed by atoms with van der Waals surface area (Å²) in [5.74, 6) is -0.0809. The van der Waals surface area contributed by atoms with E-state index in [-0.39, 0.29) is 17.3 Å². The number of hydrogen-bond acceptors (Lipinski definition) is 5. The van der Waals surface area contributed by atoms with Gasteiger partial charge in [0.25, 0.3) is 5.69 Å². The van der Waals surface area contributed by atoms with Crippen molar-refractivity contribution in [2.24, 2.45) is 5.10 Å². The number of carbonyl (C=O) groups excluding carboxylic acids is 1. The molecule has 160 valence electrons. The lowest BCUT2D eigenvalue weighted by Crippen LogP contribution is -2.19. The van der Waals surface area contributed by atoms with Gasteiger partial charge in [-0.25, -0.2) is 5.43 Å². The molecule has 1 amide bonds. The highest BCUT2D eigenvalue weighted by Crippen LogP contribution is 2.23. The number of nitrogens with zero attached hydrogens (tertiary/aromatic N) is 3. The average Bonchev–Trinajstić information content (AvgIpc) is 3.05. The Morgan fingerprint density at radius 1 is 1.19 bits per heavy atom. The van der Waals surface area contributed by atoms with Gasteiger partial charge in [-0.05, 0) is 50.1 Å². The molecule has 0 saturated heterocycles. The second-order valence-corrected chi connectivity index (χ2v) is 8.03. The monoisotopic (exact) mass is 436 g/mol. The highest BCUT2D eigenvalue weighted by Gasteiger charge is 2.12. The fourth-order valence-electron chi connectivity index (χ4n) is 3.34. The SMILES string of the molecule is CCc1ccccc1-n1c(C)cc(/C=N\NC(=O)CSc2ccc([N+](=O)[O-])cc2)c1C. The number of amides is 1. The molecule has 2 aromatic carbocycles. The van der Waals surface area contributed by atoms with Crippen LogP contribution in [0.1, 0.15) is 29.4 Å². The predicted octanol–water partition coefficient (Wildman–Crippen LogP) is 4.81. The third-order valence-electron chi connectivity index (χ3n) is 4.89. The van der Waals surface area contributed by atoms with Crippen molar-refractivity contribution in [3.05, 3.63) is 87.2 Å². The van der Waals surface area contributed by atoms with Crippen LogP contribution >= 0.6 is 11.8 Å². The van der Waals surface area contributed by atoms with Gasteiger partial charge in [0.15, 0.2) is 0 Å². The molecule has 8 heteroatoms. The van der Waals surface area contributed by atoms with Crippen LogP contribution in [0.3, 0.4) is 0 Å². The van der Waals surface area contributed by atoms with Crippen molar-refractivity contribution in [3.63, 3.8) is 0 Å². The second-order valence-electron chi connectivity index (χ2n) is 6.98. The Kier molecular flexibility index (Phi) is 7.25. The van der Waals surface area contributed by atoms with E-state index in [1.54, 1.807) is 18.3 Å². The molecule has 3 rings (SSSR count). The predicted molar refractivity (Wildman–Crippen MR) is 124 cm³/mol. The maximum atomic E-state index is 12.1. The molecule has 0 aliphatic carbocycles. The Morgan fingerprint density at radius 3 is 2.58 bits per heavy atom. The molecule has 0 aliphatic heterocycles. The average molecular weight is 437 g/mol. The molecule has 0 radical (unpaired) electrons. The van der Waals surface area contributed by atoms with Crippen molar-refractivity contribution in [2.75, 3.05) is 5.75 Å². The van der Waals surface area contributed by atoms with Crippen LogP contribution in [0.5, 0.6) is 0 Å². The number of carbonyl (C=O) groups is 1. The second kappa shape index (κ2) is 10.1. The number of thioether (sulfide) groups is 1. The largest absolute Gasteiger partial charge is 0.318 e. The van der Waals surface area contributed by atoms with Gasteiger partial charge in [0.2, 0.25) is 5.91 Å². The lowest BCUT2D eigenvalue weighted by atomic mass is 10.1. The summed E-state index contributed by atoms with van der Waals surface area (Å²) >= 11 is 1.29. The number of non-ortho nitro benzene ring substituents is 1. The van der Waals surface area contributed by atoms with Gasteiger partial charge < -0.3 is 4.57 Å². The molecule has 0 fully saturated rings. The van der Waals surface area contributed by atoms with Crippen molar-refractivity contribution < 1.29 is 9.72 Å². The fourth-order valence-corrected chi connectivity index (χ4v) is 4.03. The van der Waals surface area contributed by atoms with E-state index < -0.39 is 4.92 Å². The first-order valence-corrected chi connectivity index (χ1v) is 10.9. The van der Waals surface area contributed by atoms with Gasteiger partial charge in [-0.3, -0.25) is 14.9 Å². The third-order valence-corrected chi connectivity index (χ3v) is 5.91. The summed E-state index contributed by atoms with van der Waals surface area (Å²) in [7, 11) is 0. The van der Waals surface area contributed by atoms with Crippen LogP contribution in [0.15, 0.2) is 64.6 Å². The summed E-state index contributed by atoms with van der Waals surface area (Å²) in [5, 5.41) is 14.8. The van der Waals surface area contributed by atoms with Crippen molar-refractivity contribution in [1.29, 1.82) is 0 Å². The molecule has 0 aliphatic rings.